The van der Waals surface area contributed by atoms with E-state index in [9.17, 15) is 13.6 Å². The molecular weight excluding hydrogens is 468 g/mol. The number of nitrogens with one attached hydrogen (secondary N) is 3. The first-order chi connectivity index (χ1) is 16.4. The number of aromatic amines is 1. The summed E-state index contributed by atoms with van der Waals surface area (Å²) in [5.74, 6) is -1.25. The number of halogens is 3. The molecule has 0 aliphatic heterocycles. The van der Waals surface area contributed by atoms with Gasteiger partial charge in [-0.25, -0.2) is 18.7 Å². The van der Waals surface area contributed by atoms with E-state index < -0.39 is 17.5 Å². The fourth-order valence-corrected chi connectivity index (χ4v) is 4.41. The minimum Gasteiger partial charge on any atom is -0.365 e. The summed E-state index contributed by atoms with van der Waals surface area (Å²) in [6, 6.07) is 2.56. The molecule has 0 bridgehead atoms. The van der Waals surface area contributed by atoms with Gasteiger partial charge in [0.25, 0.3) is 11.7 Å². The highest BCUT2D eigenvalue weighted by Gasteiger charge is 2.26. The standard InChI is InChI=1S/C21H20ClF2N9O/c1-33-31-20(30-32-33)21(34)28-12-4-2-3-11(7-12)27-19-16(24)9-26-18(29-19)14-8-25-17-13(14)5-10(22)6-15(17)23/h5-6,8-9,11-12,25H,2-4,7H2,1H3,(H,28,34)(H,26,27,29)/t11-,12+/m0/s1. The lowest BCUT2D eigenvalue weighted by Crippen LogP contribution is -2.42. The number of tetrazole rings is 1. The van der Waals surface area contributed by atoms with Gasteiger partial charge in [0.05, 0.1) is 18.8 Å². The van der Waals surface area contributed by atoms with E-state index in [2.05, 4.69) is 41.0 Å². The third kappa shape index (κ3) is 4.40. The largest absolute Gasteiger partial charge is 0.365 e. The number of amides is 1. The molecule has 5 rings (SSSR count). The third-order valence-corrected chi connectivity index (χ3v) is 5.97. The minimum atomic E-state index is -0.609. The van der Waals surface area contributed by atoms with Gasteiger partial charge in [-0.3, -0.25) is 4.79 Å². The summed E-state index contributed by atoms with van der Waals surface area (Å²) in [6.07, 6.45) is 5.60. The van der Waals surface area contributed by atoms with Gasteiger partial charge >= 0.3 is 0 Å². The molecule has 1 saturated carbocycles. The number of rotatable bonds is 5. The van der Waals surface area contributed by atoms with E-state index in [1.54, 1.807) is 19.3 Å². The molecule has 34 heavy (non-hydrogen) atoms. The Hall–Kier alpha value is -3.67. The number of aryl methyl sites for hydroxylation is 1. The summed E-state index contributed by atoms with van der Waals surface area (Å²) in [7, 11) is 1.58. The topological polar surface area (TPSA) is 126 Å². The van der Waals surface area contributed by atoms with Gasteiger partial charge in [0, 0.05) is 34.3 Å². The fourth-order valence-electron chi connectivity index (χ4n) is 4.21. The Morgan fingerprint density at radius 1 is 1.24 bits per heavy atom. The number of aromatic nitrogens is 7. The highest BCUT2D eigenvalue weighted by Crippen LogP contribution is 2.31. The Kier molecular flexibility index (Phi) is 5.82. The maximum Gasteiger partial charge on any atom is 0.293 e. The van der Waals surface area contributed by atoms with Gasteiger partial charge in [0.1, 0.15) is 5.82 Å². The monoisotopic (exact) mass is 487 g/mol. The van der Waals surface area contributed by atoms with Crippen LogP contribution >= 0.6 is 11.6 Å². The summed E-state index contributed by atoms with van der Waals surface area (Å²) >= 11 is 6.01. The summed E-state index contributed by atoms with van der Waals surface area (Å²) in [6.45, 7) is 0. The second kappa shape index (κ2) is 8.93. The molecular formula is C21H20ClF2N9O. The molecule has 0 spiro atoms. The molecule has 4 aromatic rings. The van der Waals surface area contributed by atoms with Crippen LogP contribution < -0.4 is 10.6 Å². The average molecular weight is 488 g/mol. The number of H-pyrrole nitrogens is 1. The number of benzene rings is 1. The zero-order valence-electron chi connectivity index (χ0n) is 18.0. The first kappa shape index (κ1) is 22.1. The second-order valence-corrected chi connectivity index (χ2v) is 8.62. The summed E-state index contributed by atoms with van der Waals surface area (Å²) < 4.78 is 28.8. The first-order valence-corrected chi connectivity index (χ1v) is 11.1. The van der Waals surface area contributed by atoms with Crippen LogP contribution in [0.1, 0.15) is 36.3 Å². The molecule has 0 unspecified atom stereocenters. The van der Waals surface area contributed by atoms with Crippen molar-refractivity contribution in [2.45, 2.75) is 37.8 Å². The van der Waals surface area contributed by atoms with E-state index in [-0.39, 0.29) is 40.1 Å². The maximum atomic E-state index is 14.6. The third-order valence-electron chi connectivity index (χ3n) is 5.75. The van der Waals surface area contributed by atoms with Gasteiger partial charge in [-0.1, -0.05) is 11.6 Å². The molecule has 1 aliphatic rings. The van der Waals surface area contributed by atoms with Crippen molar-refractivity contribution in [1.82, 2.24) is 40.5 Å². The molecule has 1 aromatic carbocycles. The zero-order chi connectivity index (χ0) is 23.8. The first-order valence-electron chi connectivity index (χ1n) is 10.7. The van der Waals surface area contributed by atoms with Crippen molar-refractivity contribution < 1.29 is 13.6 Å². The molecule has 13 heteroatoms. The molecule has 0 saturated heterocycles. The molecule has 1 aliphatic carbocycles. The predicted octanol–water partition coefficient (Wildman–Crippen LogP) is 3.23. The van der Waals surface area contributed by atoms with Crippen LogP contribution in [0.4, 0.5) is 14.6 Å². The van der Waals surface area contributed by atoms with Crippen LogP contribution in [-0.2, 0) is 7.05 Å². The SMILES string of the molecule is Cn1nnc(C(=O)N[C@@H]2CCC[C@H](Nc3nc(-c4c[nH]c5c(F)cc(Cl)cc45)ncc3F)C2)n1. The maximum absolute atomic E-state index is 14.6. The van der Waals surface area contributed by atoms with Crippen molar-refractivity contribution in [1.29, 1.82) is 0 Å². The summed E-state index contributed by atoms with van der Waals surface area (Å²) in [5.41, 5.74) is 0.773. The molecule has 3 heterocycles. The Labute approximate surface area is 197 Å². The smallest absolute Gasteiger partial charge is 0.293 e. The molecule has 2 atom stereocenters. The van der Waals surface area contributed by atoms with Crippen LogP contribution in [0.2, 0.25) is 5.02 Å². The molecule has 1 amide bonds. The lowest BCUT2D eigenvalue weighted by atomic mass is 9.91. The molecule has 3 N–H and O–H groups in total. The van der Waals surface area contributed by atoms with E-state index in [4.69, 9.17) is 11.6 Å². The van der Waals surface area contributed by atoms with Crippen LogP contribution in [0.3, 0.4) is 0 Å². The van der Waals surface area contributed by atoms with E-state index >= 15 is 0 Å². The number of carbonyl (C=O) groups excluding carboxylic acids is 1. The van der Waals surface area contributed by atoms with Crippen molar-refractivity contribution >= 4 is 34.2 Å². The van der Waals surface area contributed by atoms with Gasteiger partial charge in [-0.15, -0.1) is 10.2 Å². The quantitative estimate of drug-likeness (QED) is 0.394. The van der Waals surface area contributed by atoms with Crippen molar-refractivity contribution in [3.63, 3.8) is 0 Å². The molecule has 0 radical (unpaired) electrons. The van der Waals surface area contributed by atoms with Crippen molar-refractivity contribution in [3.8, 4) is 11.4 Å². The zero-order valence-corrected chi connectivity index (χ0v) is 18.8. The number of nitrogens with zero attached hydrogens (tertiary/aromatic N) is 6. The highest BCUT2D eigenvalue weighted by molar-refractivity contribution is 6.31. The lowest BCUT2D eigenvalue weighted by molar-refractivity contribution is 0.0915. The number of carbonyl (C=O) groups is 1. The highest BCUT2D eigenvalue weighted by atomic mass is 35.5. The van der Waals surface area contributed by atoms with Crippen LogP contribution in [-0.4, -0.2) is 53.2 Å². The summed E-state index contributed by atoms with van der Waals surface area (Å²) in [5, 5.41) is 18.1. The van der Waals surface area contributed by atoms with Gasteiger partial charge < -0.3 is 15.6 Å². The van der Waals surface area contributed by atoms with Gasteiger partial charge in [-0.05, 0) is 43.0 Å². The van der Waals surface area contributed by atoms with Crippen LogP contribution in [0.15, 0.2) is 24.5 Å². The Bertz CT molecular complexity index is 1370. The van der Waals surface area contributed by atoms with Gasteiger partial charge in [-0.2, -0.15) is 4.80 Å². The van der Waals surface area contributed by atoms with Gasteiger partial charge in [0.2, 0.25) is 0 Å². The summed E-state index contributed by atoms with van der Waals surface area (Å²) in [4.78, 5) is 24.9. The van der Waals surface area contributed by atoms with E-state index in [1.165, 1.54) is 10.9 Å². The Morgan fingerprint density at radius 2 is 2.06 bits per heavy atom. The Morgan fingerprint density at radius 3 is 2.85 bits per heavy atom. The number of anilines is 1. The Balaban J connectivity index is 1.33. The van der Waals surface area contributed by atoms with E-state index in [0.29, 0.717) is 17.4 Å². The fraction of sp³-hybridized carbons (Fsp3) is 0.333. The predicted molar refractivity (Wildman–Crippen MR) is 120 cm³/mol. The molecule has 1 fully saturated rings. The van der Waals surface area contributed by atoms with Gasteiger partial charge in [0.15, 0.2) is 17.5 Å². The van der Waals surface area contributed by atoms with Crippen molar-refractivity contribution in [3.05, 3.63) is 47.0 Å². The minimum absolute atomic E-state index is 0.000612. The average Bonchev–Trinajstić information content (AvgIpc) is 3.42. The molecule has 10 nitrogen and oxygen atoms in total. The van der Waals surface area contributed by atoms with Crippen molar-refractivity contribution in [2.24, 2.45) is 7.05 Å². The normalized spacial score (nSPS) is 18.2. The van der Waals surface area contributed by atoms with E-state index in [1.807, 2.05) is 0 Å². The molecule has 3 aromatic heterocycles. The number of hydrogen-bond acceptors (Lipinski definition) is 7. The second-order valence-electron chi connectivity index (χ2n) is 8.18. The number of hydrogen-bond donors (Lipinski definition) is 3. The van der Waals surface area contributed by atoms with Crippen molar-refractivity contribution in [2.75, 3.05) is 5.32 Å². The van der Waals surface area contributed by atoms with Crippen LogP contribution in [0, 0.1) is 11.6 Å². The van der Waals surface area contributed by atoms with Crippen LogP contribution in [0.25, 0.3) is 22.3 Å². The molecule has 176 valence electrons. The lowest BCUT2D eigenvalue weighted by Gasteiger charge is -2.30. The number of fused-ring (bicyclic) bond motifs is 1. The van der Waals surface area contributed by atoms with Crippen LogP contribution in [0.5, 0.6) is 0 Å². The van der Waals surface area contributed by atoms with E-state index in [0.717, 1.165) is 25.5 Å².